The number of hydrogen-bond donors (Lipinski definition) is 0. The summed E-state index contributed by atoms with van der Waals surface area (Å²) in [4.78, 5) is 4.39. The zero-order valence-electron chi connectivity index (χ0n) is 9.10. The van der Waals surface area contributed by atoms with Crippen LogP contribution in [0.3, 0.4) is 0 Å². The molecule has 1 aromatic carbocycles. The minimum absolute atomic E-state index is 0.545. The van der Waals surface area contributed by atoms with Gasteiger partial charge in [0.05, 0.1) is 5.69 Å². The van der Waals surface area contributed by atoms with Crippen molar-refractivity contribution in [2.75, 3.05) is 0 Å². The Bertz CT molecular complexity index is 619. The lowest BCUT2D eigenvalue weighted by molar-refractivity contribution is 1.41. The van der Waals surface area contributed by atoms with Crippen LogP contribution in [0.2, 0.25) is 5.15 Å². The Morgan fingerprint density at radius 1 is 0.765 bits per heavy atom. The molecule has 2 aliphatic rings. The third-order valence-corrected chi connectivity index (χ3v) is 2.95. The van der Waals surface area contributed by atoms with Crippen molar-refractivity contribution >= 4 is 11.6 Å². The fraction of sp³-hybridized carbons (Fsp3) is 0. The highest BCUT2D eigenvalue weighted by Crippen LogP contribution is 2.33. The van der Waals surface area contributed by atoms with Crippen LogP contribution in [-0.2, 0) is 0 Å². The summed E-state index contributed by atoms with van der Waals surface area (Å²) in [6, 6.07) is 20.2. The molecule has 0 radical (unpaired) electrons. The summed E-state index contributed by atoms with van der Waals surface area (Å²) in [6.45, 7) is 0. The van der Waals surface area contributed by atoms with E-state index in [9.17, 15) is 0 Å². The van der Waals surface area contributed by atoms with E-state index in [0.717, 1.165) is 22.4 Å². The van der Waals surface area contributed by atoms with E-state index in [1.54, 1.807) is 0 Å². The summed E-state index contributed by atoms with van der Waals surface area (Å²) in [6.07, 6.45) is 0. The summed E-state index contributed by atoms with van der Waals surface area (Å²) >= 11 is 5.97. The van der Waals surface area contributed by atoms with Crippen LogP contribution in [0.1, 0.15) is 0 Å². The van der Waals surface area contributed by atoms with Gasteiger partial charge >= 0.3 is 0 Å². The molecule has 0 bridgehead atoms. The molecule has 3 rings (SSSR count). The Kier molecular flexibility index (Phi) is 2.54. The second kappa shape index (κ2) is 4.19. The van der Waals surface area contributed by atoms with Gasteiger partial charge in [-0.25, -0.2) is 4.98 Å². The molecule has 2 heteroatoms. The number of nitrogens with zero attached hydrogens (tertiary/aromatic N) is 1. The monoisotopic (exact) mass is 239 g/mol. The van der Waals surface area contributed by atoms with Gasteiger partial charge in [0.1, 0.15) is 5.15 Å². The quantitative estimate of drug-likeness (QED) is 0.609. The van der Waals surface area contributed by atoms with Crippen LogP contribution >= 0.6 is 11.6 Å². The van der Waals surface area contributed by atoms with Crippen LogP contribution in [0, 0.1) is 0 Å². The Hall–Kier alpha value is -1.86. The highest BCUT2D eigenvalue weighted by molar-refractivity contribution is 6.30. The van der Waals surface area contributed by atoms with Crippen molar-refractivity contribution in [3.05, 3.63) is 65.8 Å². The van der Waals surface area contributed by atoms with E-state index in [-0.39, 0.29) is 0 Å². The second-order valence-electron chi connectivity index (χ2n) is 3.88. The highest BCUT2D eigenvalue weighted by atomic mass is 35.5. The molecule has 0 N–H and O–H groups in total. The summed E-state index contributed by atoms with van der Waals surface area (Å²) in [7, 11) is 0. The van der Waals surface area contributed by atoms with Crippen LogP contribution in [0.25, 0.3) is 22.4 Å². The molecule has 0 atom stereocenters. The van der Waals surface area contributed by atoms with Crippen molar-refractivity contribution in [3.8, 4) is 22.4 Å². The first-order valence-electron chi connectivity index (χ1n) is 5.45. The first-order valence-corrected chi connectivity index (χ1v) is 5.83. The van der Waals surface area contributed by atoms with Gasteiger partial charge in [0.25, 0.3) is 0 Å². The van der Waals surface area contributed by atoms with Crippen LogP contribution in [0.4, 0.5) is 0 Å². The fourth-order valence-corrected chi connectivity index (χ4v) is 2.19. The molecular formula is C15H10ClN. The van der Waals surface area contributed by atoms with Crippen LogP contribution in [-0.4, -0.2) is 4.98 Å². The minimum Gasteiger partial charge on any atom is -0.235 e. The third kappa shape index (κ3) is 1.90. The SMILES string of the molecule is Clc1cc2ccccc(-c3ccccc3)c-2n1. The molecule has 0 saturated carbocycles. The average molecular weight is 240 g/mol. The third-order valence-electron chi connectivity index (χ3n) is 2.76. The summed E-state index contributed by atoms with van der Waals surface area (Å²) in [5, 5.41) is 0.545. The zero-order valence-corrected chi connectivity index (χ0v) is 9.85. The molecule has 1 aliphatic carbocycles. The highest BCUT2D eigenvalue weighted by Gasteiger charge is 2.11. The van der Waals surface area contributed by atoms with Crippen molar-refractivity contribution < 1.29 is 0 Å². The molecule has 0 saturated heterocycles. The molecule has 1 aromatic rings. The van der Waals surface area contributed by atoms with Gasteiger partial charge in [0.15, 0.2) is 0 Å². The normalized spacial score (nSPS) is 10.6. The van der Waals surface area contributed by atoms with E-state index in [1.807, 2.05) is 42.5 Å². The molecule has 0 fully saturated rings. The van der Waals surface area contributed by atoms with E-state index in [1.165, 1.54) is 0 Å². The maximum absolute atomic E-state index is 5.97. The van der Waals surface area contributed by atoms with Gasteiger partial charge in [-0.05, 0) is 11.6 Å². The maximum Gasteiger partial charge on any atom is 0.130 e. The standard InChI is InChI=1S/C15H10ClN/c16-14-10-12-8-4-5-9-13(15(12)17-14)11-6-2-1-3-7-11/h1-10H. The lowest BCUT2D eigenvalue weighted by atomic mass is 10.0. The van der Waals surface area contributed by atoms with Gasteiger partial charge in [-0.3, -0.25) is 0 Å². The van der Waals surface area contributed by atoms with E-state index in [0.29, 0.717) is 5.15 Å². The largest absolute Gasteiger partial charge is 0.235 e. The number of aromatic nitrogens is 1. The molecule has 0 aromatic heterocycles. The number of fused-ring (bicyclic) bond motifs is 1. The smallest absolute Gasteiger partial charge is 0.130 e. The molecule has 0 amide bonds. The average Bonchev–Trinajstić information content (AvgIpc) is 2.61. The fourth-order valence-electron chi connectivity index (χ4n) is 1.98. The zero-order chi connectivity index (χ0) is 11.7. The van der Waals surface area contributed by atoms with Gasteiger partial charge in [0, 0.05) is 11.1 Å². The van der Waals surface area contributed by atoms with Crippen molar-refractivity contribution in [3.63, 3.8) is 0 Å². The van der Waals surface area contributed by atoms with Gasteiger partial charge in [-0.2, -0.15) is 0 Å². The Morgan fingerprint density at radius 2 is 1.41 bits per heavy atom. The van der Waals surface area contributed by atoms with Crippen molar-refractivity contribution in [2.45, 2.75) is 0 Å². The molecular weight excluding hydrogens is 230 g/mol. The summed E-state index contributed by atoms with van der Waals surface area (Å²) in [5.74, 6) is 0. The Morgan fingerprint density at radius 3 is 2.24 bits per heavy atom. The van der Waals surface area contributed by atoms with Crippen LogP contribution in [0.15, 0.2) is 60.7 Å². The molecule has 82 valence electrons. The topological polar surface area (TPSA) is 12.9 Å². The molecule has 0 unspecified atom stereocenters. The predicted octanol–water partition coefficient (Wildman–Crippen LogP) is 4.51. The molecule has 1 heterocycles. The van der Waals surface area contributed by atoms with E-state index >= 15 is 0 Å². The van der Waals surface area contributed by atoms with Crippen molar-refractivity contribution in [1.29, 1.82) is 0 Å². The number of rotatable bonds is 1. The first-order chi connectivity index (χ1) is 8.34. The molecule has 17 heavy (non-hydrogen) atoms. The summed E-state index contributed by atoms with van der Waals surface area (Å²) in [5.41, 5.74) is 4.28. The lowest BCUT2D eigenvalue weighted by Crippen LogP contribution is -1.80. The van der Waals surface area contributed by atoms with E-state index in [2.05, 4.69) is 23.2 Å². The van der Waals surface area contributed by atoms with Gasteiger partial charge in [-0.15, -0.1) is 0 Å². The Labute approximate surface area is 105 Å². The predicted molar refractivity (Wildman–Crippen MR) is 71.3 cm³/mol. The molecule has 1 aliphatic heterocycles. The summed E-state index contributed by atoms with van der Waals surface area (Å²) < 4.78 is 0. The molecule has 0 spiro atoms. The number of benzene rings is 1. The number of hydrogen-bond acceptors (Lipinski definition) is 1. The maximum atomic E-state index is 5.97. The lowest BCUT2D eigenvalue weighted by Gasteiger charge is -2.02. The Balaban J connectivity index is 2.29. The van der Waals surface area contributed by atoms with Gasteiger partial charge < -0.3 is 0 Å². The van der Waals surface area contributed by atoms with Crippen molar-refractivity contribution in [2.24, 2.45) is 0 Å². The van der Waals surface area contributed by atoms with Crippen LogP contribution < -0.4 is 0 Å². The van der Waals surface area contributed by atoms with Gasteiger partial charge in [-0.1, -0.05) is 66.2 Å². The minimum atomic E-state index is 0.545. The van der Waals surface area contributed by atoms with E-state index in [4.69, 9.17) is 11.6 Å². The molecule has 1 nitrogen and oxygen atoms in total. The van der Waals surface area contributed by atoms with Crippen LogP contribution in [0.5, 0.6) is 0 Å². The van der Waals surface area contributed by atoms with E-state index < -0.39 is 0 Å². The first kappa shape index (κ1) is 10.3. The second-order valence-corrected chi connectivity index (χ2v) is 4.27. The number of halogens is 1. The van der Waals surface area contributed by atoms with Gasteiger partial charge in [0.2, 0.25) is 0 Å². The van der Waals surface area contributed by atoms with Crippen molar-refractivity contribution in [1.82, 2.24) is 4.98 Å².